The van der Waals surface area contributed by atoms with Gasteiger partial charge < -0.3 is 10.2 Å². The molecule has 2 atom stereocenters. The fourth-order valence-electron chi connectivity index (χ4n) is 2.82. The molecule has 3 nitrogen and oxygen atoms in total. The van der Waals surface area contributed by atoms with Crippen molar-refractivity contribution in [3.63, 3.8) is 0 Å². The fraction of sp³-hybridized carbons (Fsp3) is 0.929. The SMILES string of the molecule is CCN(CC)C(=O)CNCC1CCCC(C)C1. The van der Waals surface area contributed by atoms with Gasteiger partial charge in [-0.3, -0.25) is 4.79 Å². The number of hydrogen-bond donors (Lipinski definition) is 1. The predicted molar refractivity (Wildman–Crippen MR) is 71.9 cm³/mol. The van der Waals surface area contributed by atoms with Crippen LogP contribution in [0.25, 0.3) is 0 Å². The van der Waals surface area contributed by atoms with Crippen LogP contribution in [0.2, 0.25) is 0 Å². The van der Waals surface area contributed by atoms with Gasteiger partial charge in [-0.15, -0.1) is 0 Å². The number of hydrogen-bond acceptors (Lipinski definition) is 2. The smallest absolute Gasteiger partial charge is 0.236 e. The standard InChI is InChI=1S/C14H28N2O/c1-4-16(5-2)14(17)11-15-10-13-8-6-7-12(3)9-13/h12-13,15H,4-11H2,1-3H3. The van der Waals surface area contributed by atoms with E-state index in [0.717, 1.165) is 31.5 Å². The number of nitrogens with one attached hydrogen (secondary N) is 1. The predicted octanol–water partition coefficient (Wildman–Crippen LogP) is 2.27. The quantitative estimate of drug-likeness (QED) is 0.772. The van der Waals surface area contributed by atoms with Crippen LogP contribution in [0.3, 0.4) is 0 Å². The van der Waals surface area contributed by atoms with E-state index in [1.807, 2.05) is 18.7 Å². The van der Waals surface area contributed by atoms with Gasteiger partial charge in [0.25, 0.3) is 0 Å². The third-order valence-electron chi connectivity index (χ3n) is 3.87. The van der Waals surface area contributed by atoms with Gasteiger partial charge in [0.2, 0.25) is 5.91 Å². The number of amides is 1. The maximum atomic E-state index is 11.8. The van der Waals surface area contributed by atoms with Gasteiger partial charge in [0.05, 0.1) is 6.54 Å². The minimum Gasteiger partial charge on any atom is -0.342 e. The molecular weight excluding hydrogens is 212 g/mol. The molecule has 1 saturated carbocycles. The van der Waals surface area contributed by atoms with Gasteiger partial charge in [0, 0.05) is 13.1 Å². The highest BCUT2D eigenvalue weighted by Crippen LogP contribution is 2.27. The van der Waals surface area contributed by atoms with Crippen LogP contribution in [0.5, 0.6) is 0 Å². The van der Waals surface area contributed by atoms with E-state index in [2.05, 4.69) is 12.2 Å². The number of rotatable bonds is 6. The van der Waals surface area contributed by atoms with E-state index in [1.165, 1.54) is 25.7 Å². The lowest BCUT2D eigenvalue weighted by atomic mass is 9.82. The van der Waals surface area contributed by atoms with Crippen LogP contribution < -0.4 is 5.32 Å². The van der Waals surface area contributed by atoms with Gasteiger partial charge in [-0.1, -0.05) is 19.8 Å². The molecule has 0 aliphatic heterocycles. The van der Waals surface area contributed by atoms with Crippen molar-refractivity contribution in [2.75, 3.05) is 26.2 Å². The van der Waals surface area contributed by atoms with Crippen molar-refractivity contribution in [2.45, 2.75) is 46.5 Å². The highest BCUT2D eigenvalue weighted by Gasteiger charge is 2.18. The van der Waals surface area contributed by atoms with E-state index in [0.29, 0.717) is 6.54 Å². The molecule has 0 saturated heterocycles. The first-order valence-electron chi connectivity index (χ1n) is 7.15. The summed E-state index contributed by atoms with van der Waals surface area (Å²) >= 11 is 0. The third kappa shape index (κ3) is 5.07. The Morgan fingerprint density at radius 3 is 2.59 bits per heavy atom. The Bertz CT molecular complexity index is 226. The molecular formula is C14H28N2O. The van der Waals surface area contributed by atoms with Crippen LogP contribution in [0.15, 0.2) is 0 Å². The summed E-state index contributed by atoms with van der Waals surface area (Å²) in [5, 5.41) is 3.33. The Morgan fingerprint density at radius 1 is 1.29 bits per heavy atom. The fourth-order valence-corrected chi connectivity index (χ4v) is 2.82. The molecule has 100 valence electrons. The van der Waals surface area contributed by atoms with E-state index >= 15 is 0 Å². The summed E-state index contributed by atoms with van der Waals surface area (Å²) in [6, 6.07) is 0. The third-order valence-corrected chi connectivity index (χ3v) is 3.87. The molecule has 0 spiro atoms. The molecule has 1 fully saturated rings. The highest BCUT2D eigenvalue weighted by atomic mass is 16.2. The highest BCUT2D eigenvalue weighted by molar-refractivity contribution is 5.78. The minimum atomic E-state index is 0.235. The molecule has 1 aliphatic rings. The Balaban J connectivity index is 2.16. The minimum absolute atomic E-state index is 0.235. The van der Waals surface area contributed by atoms with Crippen molar-refractivity contribution in [1.29, 1.82) is 0 Å². The molecule has 0 radical (unpaired) electrons. The van der Waals surface area contributed by atoms with Crippen molar-refractivity contribution in [1.82, 2.24) is 10.2 Å². The summed E-state index contributed by atoms with van der Waals surface area (Å²) in [7, 11) is 0. The second-order valence-corrected chi connectivity index (χ2v) is 5.33. The van der Waals surface area contributed by atoms with E-state index in [9.17, 15) is 4.79 Å². The first-order chi connectivity index (χ1) is 8.17. The van der Waals surface area contributed by atoms with Gasteiger partial charge in [-0.25, -0.2) is 0 Å². The summed E-state index contributed by atoms with van der Waals surface area (Å²) < 4.78 is 0. The van der Waals surface area contributed by atoms with E-state index < -0.39 is 0 Å². The van der Waals surface area contributed by atoms with E-state index in [1.54, 1.807) is 0 Å². The summed E-state index contributed by atoms with van der Waals surface area (Å²) in [6.45, 7) is 9.56. The van der Waals surface area contributed by atoms with E-state index in [4.69, 9.17) is 0 Å². The molecule has 1 rings (SSSR count). The zero-order chi connectivity index (χ0) is 12.7. The van der Waals surface area contributed by atoms with Crippen molar-refractivity contribution in [3.8, 4) is 0 Å². The lowest BCUT2D eigenvalue weighted by Crippen LogP contribution is -2.39. The largest absolute Gasteiger partial charge is 0.342 e. The first-order valence-corrected chi connectivity index (χ1v) is 7.15. The molecule has 2 unspecified atom stereocenters. The van der Waals surface area contributed by atoms with Crippen LogP contribution in [0.1, 0.15) is 46.5 Å². The van der Waals surface area contributed by atoms with Gasteiger partial charge >= 0.3 is 0 Å². The molecule has 1 aliphatic carbocycles. The molecule has 0 aromatic rings. The van der Waals surface area contributed by atoms with Crippen LogP contribution in [-0.4, -0.2) is 37.0 Å². The van der Waals surface area contributed by atoms with Gasteiger partial charge in [0.15, 0.2) is 0 Å². The molecule has 1 N–H and O–H groups in total. The second-order valence-electron chi connectivity index (χ2n) is 5.33. The molecule has 0 bridgehead atoms. The van der Waals surface area contributed by atoms with Crippen molar-refractivity contribution < 1.29 is 4.79 Å². The summed E-state index contributed by atoms with van der Waals surface area (Å²) in [5.41, 5.74) is 0. The first kappa shape index (κ1) is 14.5. The molecule has 0 heterocycles. The molecule has 0 aromatic heterocycles. The number of nitrogens with zero attached hydrogens (tertiary/aromatic N) is 1. The molecule has 3 heteroatoms. The zero-order valence-corrected chi connectivity index (χ0v) is 11.7. The van der Waals surface area contributed by atoms with Gasteiger partial charge in [-0.05, 0) is 45.1 Å². The maximum Gasteiger partial charge on any atom is 0.236 e. The summed E-state index contributed by atoms with van der Waals surface area (Å²) in [5.74, 6) is 1.89. The maximum absolute atomic E-state index is 11.8. The number of likely N-dealkylation sites (N-methyl/N-ethyl adjacent to an activating group) is 1. The van der Waals surface area contributed by atoms with Crippen LogP contribution in [0.4, 0.5) is 0 Å². The average molecular weight is 240 g/mol. The van der Waals surface area contributed by atoms with Crippen LogP contribution in [-0.2, 0) is 4.79 Å². The van der Waals surface area contributed by atoms with Gasteiger partial charge in [-0.2, -0.15) is 0 Å². The summed E-state index contributed by atoms with van der Waals surface area (Å²) in [6.07, 6.45) is 5.40. The number of carbonyl (C=O) groups excluding carboxylic acids is 1. The monoisotopic (exact) mass is 240 g/mol. The Morgan fingerprint density at radius 2 is 2.00 bits per heavy atom. The topological polar surface area (TPSA) is 32.3 Å². The second kappa shape index (κ2) is 7.70. The lowest BCUT2D eigenvalue weighted by Gasteiger charge is -2.27. The average Bonchev–Trinajstić information content (AvgIpc) is 2.30. The van der Waals surface area contributed by atoms with Crippen LogP contribution >= 0.6 is 0 Å². The van der Waals surface area contributed by atoms with Crippen molar-refractivity contribution in [2.24, 2.45) is 11.8 Å². The normalized spacial score (nSPS) is 24.6. The Labute approximate surface area is 106 Å². The van der Waals surface area contributed by atoms with E-state index in [-0.39, 0.29) is 5.91 Å². The van der Waals surface area contributed by atoms with Crippen molar-refractivity contribution in [3.05, 3.63) is 0 Å². The Kier molecular flexibility index (Phi) is 6.56. The number of carbonyl (C=O) groups is 1. The van der Waals surface area contributed by atoms with Crippen molar-refractivity contribution >= 4 is 5.91 Å². The molecule has 17 heavy (non-hydrogen) atoms. The van der Waals surface area contributed by atoms with Gasteiger partial charge in [0.1, 0.15) is 0 Å². The van der Waals surface area contributed by atoms with Crippen LogP contribution in [0, 0.1) is 11.8 Å². The molecule has 0 aromatic carbocycles. The lowest BCUT2D eigenvalue weighted by molar-refractivity contribution is -0.129. The molecule has 1 amide bonds. The zero-order valence-electron chi connectivity index (χ0n) is 11.7. The summed E-state index contributed by atoms with van der Waals surface area (Å²) in [4.78, 5) is 13.7. The Hall–Kier alpha value is -0.570.